The third-order valence-electron chi connectivity index (χ3n) is 5.92. The first-order chi connectivity index (χ1) is 12.1. The van der Waals surface area contributed by atoms with Gasteiger partial charge in [-0.1, -0.05) is 0 Å². The summed E-state index contributed by atoms with van der Waals surface area (Å²) in [5.41, 5.74) is -0.150. The van der Waals surface area contributed by atoms with E-state index in [2.05, 4.69) is 9.80 Å². The molecular weight excluding hydrogens is 319 g/mol. The molecule has 0 N–H and O–H groups in total. The molecule has 5 heteroatoms. The third kappa shape index (κ3) is 3.81. The highest BCUT2D eigenvalue weighted by molar-refractivity contribution is 5.84. The minimum atomic E-state index is -0.250. The smallest absolute Gasteiger partial charge is 0.230 e. The van der Waals surface area contributed by atoms with E-state index in [1.807, 2.05) is 0 Å². The normalized spacial score (nSPS) is 27.2. The lowest BCUT2D eigenvalue weighted by molar-refractivity contribution is -0.145. The lowest BCUT2D eigenvalue weighted by Crippen LogP contribution is -2.50. The van der Waals surface area contributed by atoms with Gasteiger partial charge in [0.2, 0.25) is 5.91 Å². The zero-order valence-electron chi connectivity index (χ0n) is 14.8. The highest BCUT2D eigenvalue weighted by Crippen LogP contribution is 2.41. The number of benzene rings is 1. The Morgan fingerprint density at radius 1 is 1.16 bits per heavy atom. The minimum absolute atomic E-state index is 0.150. The Morgan fingerprint density at radius 2 is 1.96 bits per heavy atom. The molecule has 2 saturated heterocycles. The van der Waals surface area contributed by atoms with Crippen LogP contribution in [0.2, 0.25) is 0 Å². The van der Waals surface area contributed by atoms with Crippen molar-refractivity contribution in [1.29, 1.82) is 0 Å². The fraction of sp³-hybridized carbons (Fsp3) is 0.650. The summed E-state index contributed by atoms with van der Waals surface area (Å²) in [7, 11) is 0. The van der Waals surface area contributed by atoms with Crippen LogP contribution in [0.15, 0.2) is 24.3 Å². The molecule has 136 valence electrons. The average Bonchev–Trinajstić information content (AvgIpc) is 3.34. The van der Waals surface area contributed by atoms with Crippen molar-refractivity contribution >= 4 is 5.91 Å². The van der Waals surface area contributed by atoms with Crippen LogP contribution in [0.25, 0.3) is 0 Å². The van der Waals surface area contributed by atoms with Crippen molar-refractivity contribution < 1.29 is 13.9 Å². The number of carbonyl (C=O) groups is 1. The largest absolute Gasteiger partial charge is 0.492 e. The summed E-state index contributed by atoms with van der Waals surface area (Å²) in [5.74, 6) is 1.60. The fourth-order valence-corrected chi connectivity index (χ4v) is 4.29. The van der Waals surface area contributed by atoms with Crippen molar-refractivity contribution in [3.8, 4) is 5.75 Å². The van der Waals surface area contributed by atoms with Crippen LogP contribution >= 0.6 is 0 Å². The molecular formula is C20H27FN2O2. The monoisotopic (exact) mass is 346 g/mol. The van der Waals surface area contributed by atoms with E-state index in [0.29, 0.717) is 18.3 Å². The molecule has 1 aliphatic carbocycles. The number of rotatable bonds is 6. The zero-order valence-corrected chi connectivity index (χ0v) is 14.8. The molecule has 1 aromatic carbocycles. The van der Waals surface area contributed by atoms with E-state index in [4.69, 9.17) is 4.74 Å². The Balaban J connectivity index is 1.28. The van der Waals surface area contributed by atoms with Crippen molar-refractivity contribution in [3.05, 3.63) is 30.1 Å². The first-order valence-corrected chi connectivity index (χ1v) is 9.55. The summed E-state index contributed by atoms with van der Waals surface area (Å²) in [4.78, 5) is 17.5. The molecule has 4 rings (SSSR count). The molecule has 0 unspecified atom stereocenters. The number of hydrogen-bond acceptors (Lipinski definition) is 3. The van der Waals surface area contributed by atoms with Crippen LogP contribution in [0.5, 0.6) is 5.75 Å². The van der Waals surface area contributed by atoms with E-state index in [9.17, 15) is 9.18 Å². The molecule has 1 saturated carbocycles. The molecule has 3 fully saturated rings. The van der Waals surface area contributed by atoms with Gasteiger partial charge in [-0.2, -0.15) is 0 Å². The van der Waals surface area contributed by atoms with Gasteiger partial charge in [0, 0.05) is 26.2 Å². The molecule has 1 amide bonds. The van der Waals surface area contributed by atoms with Crippen molar-refractivity contribution in [2.45, 2.75) is 32.1 Å². The molecule has 4 nitrogen and oxygen atoms in total. The zero-order chi connectivity index (χ0) is 17.3. The quantitative estimate of drug-likeness (QED) is 0.794. The van der Waals surface area contributed by atoms with Crippen molar-refractivity contribution in [2.24, 2.45) is 11.3 Å². The average molecular weight is 346 g/mol. The maximum atomic E-state index is 13.0. The summed E-state index contributed by atoms with van der Waals surface area (Å²) in [5, 5.41) is 0. The molecule has 2 heterocycles. The molecule has 1 spiro atoms. The van der Waals surface area contributed by atoms with E-state index in [1.54, 1.807) is 12.1 Å². The van der Waals surface area contributed by atoms with Crippen LogP contribution in [0.4, 0.5) is 4.39 Å². The lowest BCUT2D eigenvalue weighted by atomic mass is 9.78. The van der Waals surface area contributed by atoms with Gasteiger partial charge in [-0.3, -0.25) is 9.69 Å². The highest BCUT2D eigenvalue weighted by Gasteiger charge is 2.48. The first-order valence-electron chi connectivity index (χ1n) is 9.55. The van der Waals surface area contributed by atoms with Crippen molar-refractivity contribution in [3.63, 3.8) is 0 Å². The van der Waals surface area contributed by atoms with Crippen LogP contribution < -0.4 is 4.74 Å². The molecule has 1 atom stereocenters. The number of ether oxygens (including phenoxy) is 1. The minimum Gasteiger partial charge on any atom is -0.492 e. The summed E-state index contributed by atoms with van der Waals surface area (Å²) < 4.78 is 18.6. The number of nitrogens with zero attached hydrogens (tertiary/aromatic N) is 2. The number of piperidine rings is 1. The first kappa shape index (κ1) is 16.8. The molecule has 2 aliphatic heterocycles. The second kappa shape index (κ2) is 6.94. The van der Waals surface area contributed by atoms with E-state index < -0.39 is 0 Å². The van der Waals surface area contributed by atoms with E-state index in [-0.39, 0.29) is 11.2 Å². The second-order valence-electron chi connectivity index (χ2n) is 7.91. The maximum Gasteiger partial charge on any atom is 0.230 e. The standard InChI is InChI=1S/C20H27FN2O2/c21-17-4-6-18(7-5-17)25-13-12-22-11-9-20(15-22)8-1-10-23(19(20)24)14-16-2-3-16/h4-7,16H,1-3,8-15H2/t20-/m1/s1. The Labute approximate surface area is 148 Å². The molecule has 0 bridgehead atoms. The van der Waals surface area contributed by atoms with Gasteiger partial charge in [0.05, 0.1) is 5.41 Å². The summed E-state index contributed by atoms with van der Waals surface area (Å²) in [6.07, 6.45) is 5.73. The summed E-state index contributed by atoms with van der Waals surface area (Å²) >= 11 is 0. The van der Waals surface area contributed by atoms with Crippen molar-refractivity contribution in [2.75, 3.05) is 39.3 Å². The van der Waals surface area contributed by atoms with Crippen LogP contribution in [0.1, 0.15) is 32.1 Å². The number of likely N-dealkylation sites (tertiary alicyclic amines) is 2. The number of amides is 1. The van der Waals surface area contributed by atoms with Crippen LogP contribution in [0.3, 0.4) is 0 Å². The molecule has 0 radical (unpaired) electrons. The van der Waals surface area contributed by atoms with Gasteiger partial charge in [0.15, 0.2) is 0 Å². The number of hydrogen-bond donors (Lipinski definition) is 0. The number of carbonyl (C=O) groups excluding carboxylic acids is 1. The van der Waals surface area contributed by atoms with Crippen LogP contribution in [-0.4, -0.2) is 55.0 Å². The fourth-order valence-electron chi connectivity index (χ4n) is 4.29. The van der Waals surface area contributed by atoms with Crippen LogP contribution in [0, 0.1) is 17.2 Å². The van der Waals surface area contributed by atoms with Gasteiger partial charge < -0.3 is 9.64 Å². The van der Waals surface area contributed by atoms with E-state index in [1.165, 1.54) is 25.0 Å². The third-order valence-corrected chi connectivity index (χ3v) is 5.92. The van der Waals surface area contributed by atoms with Crippen LogP contribution in [-0.2, 0) is 4.79 Å². The van der Waals surface area contributed by atoms with Gasteiger partial charge >= 0.3 is 0 Å². The van der Waals surface area contributed by atoms with Crippen molar-refractivity contribution in [1.82, 2.24) is 9.80 Å². The Morgan fingerprint density at radius 3 is 2.72 bits per heavy atom. The topological polar surface area (TPSA) is 32.8 Å². The highest BCUT2D eigenvalue weighted by atomic mass is 19.1. The second-order valence-corrected chi connectivity index (χ2v) is 7.91. The van der Waals surface area contributed by atoms with Gasteiger partial charge in [0.1, 0.15) is 18.2 Å². The maximum absolute atomic E-state index is 13.0. The molecule has 0 aromatic heterocycles. The molecule has 3 aliphatic rings. The predicted molar refractivity (Wildman–Crippen MR) is 93.9 cm³/mol. The SMILES string of the molecule is O=C1N(CC2CC2)CCC[C@]12CCN(CCOc1ccc(F)cc1)C2. The summed E-state index contributed by atoms with van der Waals surface area (Å²) in [6, 6.07) is 6.13. The Hall–Kier alpha value is -1.62. The Kier molecular flexibility index (Phi) is 4.67. The predicted octanol–water partition coefficient (Wildman–Crippen LogP) is 2.93. The van der Waals surface area contributed by atoms with E-state index >= 15 is 0 Å². The molecule has 1 aromatic rings. The van der Waals surface area contributed by atoms with E-state index in [0.717, 1.165) is 57.9 Å². The Bertz CT molecular complexity index is 617. The molecule has 25 heavy (non-hydrogen) atoms. The van der Waals surface area contributed by atoms with Gasteiger partial charge in [-0.15, -0.1) is 0 Å². The summed E-state index contributed by atoms with van der Waals surface area (Å²) in [6.45, 7) is 5.14. The lowest BCUT2D eigenvalue weighted by Gasteiger charge is -2.39. The van der Waals surface area contributed by atoms with Gasteiger partial charge in [0.25, 0.3) is 0 Å². The van der Waals surface area contributed by atoms with Gasteiger partial charge in [-0.05, 0) is 68.8 Å². The number of halogens is 1. The van der Waals surface area contributed by atoms with Gasteiger partial charge in [-0.25, -0.2) is 4.39 Å².